The van der Waals surface area contributed by atoms with Crippen LogP contribution in [-0.4, -0.2) is 32.2 Å². The molecule has 0 spiro atoms. The fourth-order valence-electron chi connectivity index (χ4n) is 2.25. The van der Waals surface area contributed by atoms with Gasteiger partial charge in [0, 0.05) is 16.8 Å². The number of hydrogen-bond donors (Lipinski definition) is 4. The van der Waals surface area contributed by atoms with E-state index in [9.17, 15) is 23.9 Å². The van der Waals surface area contributed by atoms with Gasteiger partial charge in [-0.3, -0.25) is 14.2 Å². The number of anilines is 2. The molecule has 4 N–H and O–H groups in total. The van der Waals surface area contributed by atoms with Crippen molar-refractivity contribution < 1.29 is 23.9 Å². The molecule has 27 heavy (non-hydrogen) atoms. The first-order valence-electron chi connectivity index (χ1n) is 7.94. The van der Waals surface area contributed by atoms with Crippen molar-refractivity contribution in [1.29, 1.82) is 0 Å². The van der Waals surface area contributed by atoms with E-state index in [1.807, 2.05) is 0 Å². The van der Waals surface area contributed by atoms with Gasteiger partial charge in [0.1, 0.15) is 10.8 Å². The topological polar surface area (TPSA) is 129 Å². The van der Waals surface area contributed by atoms with Gasteiger partial charge in [0.25, 0.3) is 5.91 Å². The van der Waals surface area contributed by atoms with E-state index in [4.69, 9.17) is 11.6 Å². The van der Waals surface area contributed by atoms with Gasteiger partial charge < -0.3 is 20.4 Å². The number of rotatable bonds is 7. The van der Waals surface area contributed by atoms with E-state index in [0.29, 0.717) is 11.4 Å². The summed E-state index contributed by atoms with van der Waals surface area (Å²) in [6.07, 6.45) is 0.0701. The molecule has 0 aliphatic rings. The average Bonchev–Trinajstić information content (AvgIpc) is 3.00. The number of nitrogens with one attached hydrogen (secondary N) is 2. The first-order valence-corrected chi connectivity index (χ1v) is 10.9. The molecule has 146 valence electrons. The number of halogens is 1. The van der Waals surface area contributed by atoms with Gasteiger partial charge in [-0.25, -0.2) is 4.98 Å². The summed E-state index contributed by atoms with van der Waals surface area (Å²) in [5.41, 5.74) is -0.581. The standard InChI is InChI=1S/C16H19ClN3O5PS/c1-9(2)7-12(26(23,24)25)14(21)18-10-3-5-11(6-4-10)19-15(22)16-20-13(17)8-27-16/h3-6,8-9,12H,7H2,1-2H3,(H,18,21)(H,19,22)(H2,23,24,25). The molecule has 0 radical (unpaired) electrons. The molecule has 2 rings (SSSR count). The summed E-state index contributed by atoms with van der Waals surface area (Å²) in [4.78, 5) is 47.0. The molecular formula is C16H19ClN3O5PS. The zero-order valence-electron chi connectivity index (χ0n) is 14.5. The summed E-state index contributed by atoms with van der Waals surface area (Å²) in [5, 5.41) is 7.14. The van der Waals surface area contributed by atoms with Crippen LogP contribution in [0.25, 0.3) is 0 Å². The number of nitrogens with zero attached hydrogens (tertiary/aromatic N) is 1. The summed E-state index contributed by atoms with van der Waals surface area (Å²) in [6, 6.07) is 6.15. The van der Waals surface area contributed by atoms with Crippen molar-refractivity contribution in [3.05, 3.63) is 39.8 Å². The fraction of sp³-hybridized carbons (Fsp3) is 0.312. The lowest BCUT2D eigenvalue weighted by atomic mass is 10.1. The van der Waals surface area contributed by atoms with Crippen LogP contribution in [0, 0.1) is 5.92 Å². The second-order valence-corrected chi connectivity index (χ2v) is 9.28. The van der Waals surface area contributed by atoms with E-state index >= 15 is 0 Å². The molecule has 2 amide bonds. The first kappa shape index (κ1) is 21.5. The maximum atomic E-state index is 12.3. The second kappa shape index (κ2) is 8.95. The predicted molar refractivity (Wildman–Crippen MR) is 105 cm³/mol. The Bertz CT molecular complexity index is 865. The maximum absolute atomic E-state index is 12.3. The van der Waals surface area contributed by atoms with Gasteiger partial charge >= 0.3 is 7.60 Å². The van der Waals surface area contributed by atoms with E-state index < -0.39 is 25.1 Å². The third kappa shape index (κ3) is 6.41. The number of thiazole rings is 1. The SMILES string of the molecule is CC(C)CC(C(=O)Nc1ccc(NC(=O)c2nc(Cl)cs2)cc1)P(=O)(O)O. The predicted octanol–water partition coefficient (Wildman–Crippen LogP) is 3.58. The van der Waals surface area contributed by atoms with Crippen molar-refractivity contribution in [2.45, 2.75) is 25.9 Å². The third-order valence-electron chi connectivity index (χ3n) is 3.48. The largest absolute Gasteiger partial charge is 0.337 e. The van der Waals surface area contributed by atoms with Gasteiger partial charge in [-0.15, -0.1) is 11.3 Å². The van der Waals surface area contributed by atoms with E-state index in [2.05, 4.69) is 15.6 Å². The first-order chi connectivity index (χ1) is 12.6. The zero-order chi connectivity index (χ0) is 20.2. The Labute approximate surface area is 165 Å². The average molecular weight is 432 g/mol. The van der Waals surface area contributed by atoms with Crippen molar-refractivity contribution in [2.75, 3.05) is 10.6 Å². The highest BCUT2D eigenvalue weighted by Gasteiger charge is 2.36. The van der Waals surface area contributed by atoms with Gasteiger partial charge in [-0.05, 0) is 36.6 Å². The molecule has 1 aromatic heterocycles. The number of benzene rings is 1. The maximum Gasteiger partial charge on any atom is 0.337 e. The number of hydrogen-bond acceptors (Lipinski definition) is 5. The second-order valence-electron chi connectivity index (χ2n) is 6.23. The molecule has 0 bridgehead atoms. The molecule has 1 aromatic carbocycles. The third-order valence-corrected chi connectivity index (χ3v) is 5.91. The van der Waals surface area contributed by atoms with Crippen LogP contribution in [0.15, 0.2) is 29.6 Å². The molecule has 2 aromatic rings. The van der Waals surface area contributed by atoms with Crippen molar-refractivity contribution in [1.82, 2.24) is 4.98 Å². The molecular weight excluding hydrogens is 413 g/mol. The number of aromatic nitrogens is 1. The van der Waals surface area contributed by atoms with E-state index in [-0.39, 0.29) is 22.5 Å². The molecule has 11 heteroatoms. The van der Waals surface area contributed by atoms with E-state index in [1.165, 1.54) is 12.1 Å². The zero-order valence-corrected chi connectivity index (χ0v) is 17.0. The van der Waals surface area contributed by atoms with Crippen molar-refractivity contribution >= 4 is 53.7 Å². The summed E-state index contributed by atoms with van der Waals surface area (Å²) in [6.45, 7) is 3.56. The Morgan fingerprint density at radius 1 is 1.19 bits per heavy atom. The molecule has 1 heterocycles. The Hall–Kier alpha value is -1.77. The van der Waals surface area contributed by atoms with Gasteiger partial charge in [0.2, 0.25) is 5.91 Å². The molecule has 1 atom stereocenters. The minimum atomic E-state index is -4.57. The molecule has 0 fully saturated rings. The smallest absolute Gasteiger partial charge is 0.325 e. The van der Waals surface area contributed by atoms with Gasteiger partial charge in [0.05, 0.1) is 0 Å². The molecule has 0 saturated heterocycles. The quantitative estimate of drug-likeness (QED) is 0.496. The Kier molecular flexibility index (Phi) is 7.13. The van der Waals surface area contributed by atoms with Crippen LogP contribution in [0.1, 0.15) is 30.1 Å². The number of amides is 2. The molecule has 8 nitrogen and oxygen atoms in total. The molecule has 0 aliphatic carbocycles. The lowest BCUT2D eigenvalue weighted by Gasteiger charge is -2.19. The highest BCUT2D eigenvalue weighted by atomic mass is 35.5. The molecule has 0 aliphatic heterocycles. The van der Waals surface area contributed by atoms with Crippen molar-refractivity contribution in [2.24, 2.45) is 5.92 Å². The summed E-state index contributed by atoms with van der Waals surface area (Å²) in [7, 11) is -4.57. The molecule has 0 saturated carbocycles. The summed E-state index contributed by atoms with van der Waals surface area (Å²) >= 11 is 6.80. The van der Waals surface area contributed by atoms with Crippen LogP contribution in [0.4, 0.5) is 11.4 Å². The lowest BCUT2D eigenvalue weighted by molar-refractivity contribution is -0.116. The number of carbonyl (C=O) groups is 2. The Balaban J connectivity index is 2.03. The summed E-state index contributed by atoms with van der Waals surface area (Å²) in [5.74, 6) is -1.21. The van der Waals surface area contributed by atoms with Crippen LogP contribution in [0.2, 0.25) is 5.15 Å². The highest BCUT2D eigenvalue weighted by Crippen LogP contribution is 2.44. The minimum Gasteiger partial charge on any atom is -0.325 e. The minimum absolute atomic E-state index is 0.0506. The normalized spacial score (nSPS) is 12.7. The fourth-order valence-corrected chi connectivity index (χ4v) is 4.15. The van der Waals surface area contributed by atoms with E-state index in [0.717, 1.165) is 11.3 Å². The molecule has 1 unspecified atom stereocenters. The van der Waals surface area contributed by atoms with Gasteiger partial charge in [0.15, 0.2) is 5.01 Å². The summed E-state index contributed by atoms with van der Waals surface area (Å²) < 4.78 is 11.6. The van der Waals surface area contributed by atoms with Crippen LogP contribution in [0.3, 0.4) is 0 Å². The highest BCUT2D eigenvalue weighted by molar-refractivity contribution is 7.53. The van der Waals surface area contributed by atoms with Gasteiger partial charge in [-0.2, -0.15) is 0 Å². The van der Waals surface area contributed by atoms with Crippen LogP contribution >= 0.6 is 30.5 Å². The lowest BCUT2D eigenvalue weighted by Crippen LogP contribution is -2.29. The van der Waals surface area contributed by atoms with Crippen LogP contribution in [0.5, 0.6) is 0 Å². The van der Waals surface area contributed by atoms with Crippen molar-refractivity contribution in [3.63, 3.8) is 0 Å². The monoisotopic (exact) mass is 431 g/mol. The van der Waals surface area contributed by atoms with E-state index in [1.54, 1.807) is 31.4 Å². The van der Waals surface area contributed by atoms with Crippen LogP contribution in [-0.2, 0) is 9.36 Å². The Morgan fingerprint density at radius 2 is 1.74 bits per heavy atom. The van der Waals surface area contributed by atoms with Crippen LogP contribution < -0.4 is 10.6 Å². The van der Waals surface area contributed by atoms with Gasteiger partial charge in [-0.1, -0.05) is 25.4 Å². The number of carbonyl (C=O) groups excluding carboxylic acids is 2. The Morgan fingerprint density at radius 3 is 2.19 bits per heavy atom. The van der Waals surface area contributed by atoms with Crippen molar-refractivity contribution in [3.8, 4) is 0 Å².